The van der Waals surface area contributed by atoms with Crippen molar-refractivity contribution in [2.75, 3.05) is 6.54 Å². The number of carbonyl (C=O) groups excluding carboxylic acids is 1. The van der Waals surface area contributed by atoms with Gasteiger partial charge >= 0.3 is 0 Å². The summed E-state index contributed by atoms with van der Waals surface area (Å²) in [5, 5.41) is 0. The molecule has 1 aliphatic carbocycles. The first-order chi connectivity index (χ1) is 8.03. The van der Waals surface area contributed by atoms with Gasteiger partial charge in [-0.3, -0.25) is 4.79 Å². The van der Waals surface area contributed by atoms with Crippen LogP contribution in [0.3, 0.4) is 0 Å². The molecule has 0 atom stereocenters. The number of rotatable bonds is 5. The highest BCUT2D eigenvalue weighted by atomic mass is 16.5. The van der Waals surface area contributed by atoms with E-state index in [2.05, 4.69) is 0 Å². The number of Topliss-reactive ketones (excluding diaryl/α,β-unsaturated/α-hetero) is 1. The zero-order valence-corrected chi connectivity index (χ0v) is 10.4. The molecule has 0 saturated heterocycles. The molecule has 1 aliphatic rings. The van der Waals surface area contributed by atoms with Crippen molar-refractivity contribution in [3.05, 3.63) is 29.8 Å². The van der Waals surface area contributed by atoms with Gasteiger partial charge in [0, 0.05) is 17.5 Å². The quantitative estimate of drug-likeness (QED) is 0.794. The van der Waals surface area contributed by atoms with E-state index in [1.807, 2.05) is 38.1 Å². The Morgan fingerprint density at radius 3 is 2.76 bits per heavy atom. The number of hydrogen-bond acceptors (Lipinski definition) is 3. The minimum Gasteiger partial charge on any atom is -0.490 e. The molecule has 2 rings (SSSR count). The first kappa shape index (κ1) is 12.1. The maximum Gasteiger partial charge on any atom is 0.169 e. The number of ether oxygens (including phenoxy) is 1. The lowest BCUT2D eigenvalue weighted by atomic mass is 9.84. The molecule has 0 aliphatic heterocycles. The van der Waals surface area contributed by atoms with Crippen molar-refractivity contribution in [2.24, 2.45) is 11.1 Å². The summed E-state index contributed by atoms with van der Waals surface area (Å²) in [6, 6.07) is 7.39. The first-order valence-corrected chi connectivity index (χ1v) is 6.04. The Kier molecular flexibility index (Phi) is 3.20. The van der Waals surface area contributed by atoms with Gasteiger partial charge in [-0.2, -0.15) is 0 Å². The predicted octanol–water partition coefficient (Wildman–Crippen LogP) is 2.40. The molecule has 0 bridgehead atoms. The fourth-order valence-corrected chi connectivity index (χ4v) is 1.57. The van der Waals surface area contributed by atoms with Crippen molar-refractivity contribution in [3.8, 4) is 5.75 Å². The summed E-state index contributed by atoms with van der Waals surface area (Å²) >= 11 is 0. The SMILES string of the molecule is CC(C)(CN)C(=O)c1cccc(OC2CC2)c1. The van der Waals surface area contributed by atoms with E-state index >= 15 is 0 Å². The average molecular weight is 233 g/mol. The van der Waals surface area contributed by atoms with Gasteiger partial charge in [0.2, 0.25) is 0 Å². The van der Waals surface area contributed by atoms with Crippen molar-refractivity contribution in [2.45, 2.75) is 32.8 Å². The highest BCUT2D eigenvalue weighted by molar-refractivity contribution is 6.00. The van der Waals surface area contributed by atoms with Gasteiger partial charge in [-0.15, -0.1) is 0 Å². The van der Waals surface area contributed by atoms with Crippen LogP contribution >= 0.6 is 0 Å². The van der Waals surface area contributed by atoms with Crippen LogP contribution in [0.15, 0.2) is 24.3 Å². The largest absolute Gasteiger partial charge is 0.490 e. The Morgan fingerprint density at radius 2 is 2.18 bits per heavy atom. The molecule has 1 saturated carbocycles. The van der Waals surface area contributed by atoms with E-state index < -0.39 is 5.41 Å². The summed E-state index contributed by atoms with van der Waals surface area (Å²) in [6.07, 6.45) is 2.58. The molecular formula is C14H19NO2. The van der Waals surface area contributed by atoms with Gasteiger partial charge in [0.1, 0.15) is 5.75 Å². The minimum atomic E-state index is -0.516. The smallest absolute Gasteiger partial charge is 0.169 e. The second-order valence-corrected chi connectivity index (χ2v) is 5.26. The fourth-order valence-electron chi connectivity index (χ4n) is 1.57. The Balaban J connectivity index is 2.17. The van der Waals surface area contributed by atoms with Gasteiger partial charge < -0.3 is 10.5 Å². The average Bonchev–Trinajstić information content (AvgIpc) is 3.12. The third-order valence-electron chi connectivity index (χ3n) is 3.05. The molecule has 3 nitrogen and oxygen atoms in total. The lowest BCUT2D eigenvalue weighted by Crippen LogP contribution is -2.32. The van der Waals surface area contributed by atoms with Gasteiger partial charge in [-0.1, -0.05) is 26.0 Å². The number of benzene rings is 1. The Morgan fingerprint density at radius 1 is 1.47 bits per heavy atom. The molecule has 0 unspecified atom stereocenters. The van der Waals surface area contributed by atoms with Crippen molar-refractivity contribution >= 4 is 5.78 Å². The fraction of sp³-hybridized carbons (Fsp3) is 0.500. The summed E-state index contributed by atoms with van der Waals surface area (Å²) in [7, 11) is 0. The molecule has 0 heterocycles. The molecule has 1 fully saturated rings. The molecule has 92 valence electrons. The van der Waals surface area contributed by atoms with Crippen molar-refractivity contribution in [1.82, 2.24) is 0 Å². The number of carbonyl (C=O) groups is 1. The van der Waals surface area contributed by atoms with E-state index in [1.54, 1.807) is 0 Å². The monoisotopic (exact) mass is 233 g/mol. The van der Waals surface area contributed by atoms with E-state index in [-0.39, 0.29) is 5.78 Å². The van der Waals surface area contributed by atoms with Crippen LogP contribution in [0.1, 0.15) is 37.0 Å². The minimum absolute atomic E-state index is 0.0706. The van der Waals surface area contributed by atoms with Crippen molar-refractivity contribution in [3.63, 3.8) is 0 Å². The molecule has 0 aromatic heterocycles. The van der Waals surface area contributed by atoms with Crippen LogP contribution in [0.4, 0.5) is 0 Å². The zero-order valence-electron chi connectivity index (χ0n) is 10.4. The van der Waals surface area contributed by atoms with E-state index in [1.165, 1.54) is 0 Å². The van der Waals surface area contributed by atoms with Crippen LogP contribution in [-0.4, -0.2) is 18.4 Å². The first-order valence-electron chi connectivity index (χ1n) is 6.04. The van der Waals surface area contributed by atoms with E-state index in [4.69, 9.17) is 10.5 Å². The number of ketones is 1. The third-order valence-corrected chi connectivity index (χ3v) is 3.05. The molecule has 0 spiro atoms. The molecule has 0 radical (unpaired) electrons. The van der Waals surface area contributed by atoms with Crippen LogP contribution in [0.5, 0.6) is 5.75 Å². The molecule has 2 N–H and O–H groups in total. The molecule has 0 amide bonds. The summed E-state index contributed by atoms with van der Waals surface area (Å²) < 4.78 is 5.68. The van der Waals surface area contributed by atoms with E-state index in [9.17, 15) is 4.79 Å². The topological polar surface area (TPSA) is 52.3 Å². The lowest BCUT2D eigenvalue weighted by Gasteiger charge is -2.20. The van der Waals surface area contributed by atoms with Crippen LogP contribution in [0.2, 0.25) is 0 Å². The predicted molar refractivity (Wildman–Crippen MR) is 67.3 cm³/mol. The van der Waals surface area contributed by atoms with Crippen molar-refractivity contribution < 1.29 is 9.53 Å². The van der Waals surface area contributed by atoms with Gasteiger partial charge in [0.05, 0.1) is 6.10 Å². The maximum absolute atomic E-state index is 12.2. The van der Waals surface area contributed by atoms with Crippen LogP contribution in [0, 0.1) is 5.41 Å². The van der Waals surface area contributed by atoms with Gasteiger partial charge in [-0.05, 0) is 25.0 Å². The summed E-state index contributed by atoms with van der Waals surface area (Å²) in [4.78, 5) is 12.2. The van der Waals surface area contributed by atoms with Crippen LogP contribution < -0.4 is 10.5 Å². The second-order valence-electron chi connectivity index (χ2n) is 5.26. The summed E-state index contributed by atoms with van der Waals surface area (Å²) in [6.45, 7) is 4.08. The standard InChI is InChI=1S/C14H19NO2/c1-14(2,9-15)13(16)10-4-3-5-12(8-10)17-11-6-7-11/h3-5,8,11H,6-7,9,15H2,1-2H3. The normalized spacial score (nSPS) is 15.7. The molecule has 3 heteroatoms. The Hall–Kier alpha value is -1.35. The van der Waals surface area contributed by atoms with E-state index in [0.29, 0.717) is 18.2 Å². The summed E-state index contributed by atoms with van der Waals surface area (Å²) in [5.41, 5.74) is 5.78. The highest BCUT2D eigenvalue weighted by Crippen LogP contribution is 2.28. The summed E-state index contributed by atoms with van der Waals surface area (Å²) in [5.74, 6) is 0.854. The van der Waals surface area contributed by atoms with Crippen molar-refractivity contribution in [1.29, 1.82) is 0 Å². The third kappa shape index (κ3) is 2.86. The molecule has 1 aromatic rings. The van der Waals surface area contributed by atoms with Gasteiger partial charge in [0.15, 0.2) is 5.78 Å². The number of nitrogens with two attached hydrogens (primary N) is 1. The maximum atomic E-state index is 12.2. The van der Waals surface area contributed by atoms with Crippen LogP contribution in [0.25, 0.3) is 0 Å². The van der Waals surface area contributed by atoms with E-state index in [0.717, 1.165) is 18.6 Å². The van der Waals surface area contributed by atoms with Crippen LogP contribution in [-0.2, 0) is 0 Å². The molecular weight excluding hydrogens is 214 g/mol. The molecule has 1 aromatic carbocycles. The van der Waals surface area contributed by atoms with Gasteiger partial charge in [-0.25, -0.2) is 0 Å². The Bertz CT molecular complexity index is 422. The highest BCUT2D eigenvalue weighted by Gasteiger charge is 2.28. The molecule has 17 heavy (non-hydrogen) atoms. The lowest BCUT2D eigenvalue weighted by molar-refractivity contribution is 0.0847. The second kappa shape index (κ2) is 4.49. The number of hydrogen-bond donors (Lipinski definition) is 1. The zero-order chi connectivity index (χ0) is 12.5. The van der Waals surface area contributed by atoms with Gasteiger partial charge in [0.25, 0.3) is 0 Å². The Labute approximate surface area is 102 Å².